The number of nitrogens with two attached hydrogens (primary N) is 2. The number of hydrogen-bond acceptors (Lipinski definition) is 16. The number of ether oxygens (including phenoxy) is 2. The van der Waals surface area contributed by atoms with Gasteiger partial charge in [0.05, 0.1) is 11.0 Å². The third-order valence-electron chi connectivity index (χ3n) is 11.5. The van der Waals surface area contributed by atoms with Gasteiger partial charge in [0, 0.05) is 108 Å². The summed E-state index contributed by atoms with van der Waals surface area (Å²) < 4.78 is 16.3. The number of carbonyl (C=O) groups is 3. The smallest absolute Gasteiger partial charge is 0.550 e. The number of nitrogens with zero attached hydrogens (tertiary/aromatic N) is 7. The minimum atomic E-state index is -1.08. The topological polar surface area (TPSA) is 240 Å². The number of anilines is 2. The van der Waals surface area contributed by atoms with Crippen molar-refractivity contribution >= 4 is 60.0 Å². The second-order valence-electron chi connectivity index (χ2n) is 16.8. The van der Waals surface area contributed by atoms with Crippen LogP contribution in [0.2, 0.25) is 0 Å². The minimum Gasteiger partial charge on any atom is -0.550 e. The van der Waals surface area contributed by atoms with E-state index in [1.54, 1.807) is 6.33 Å². The zero-order chi connectivity index (χ0) is 51.3. The average molecular weight is 1020 g/mol. The van der Waals surface area contributed by atoms with E-state index in [0.29, 0.717) is 11.6 Å². The van der Waals surface area contributed by atoms with Crippen molar-refractivity contribution in [3.63, 3.8) is 0 Å². The summed E-state index contributed by atoms with van der Waals surface area (Å²) in [5.41, 5.74) is 24.5. The number of carbonyl (C=O) groups excluding carboxylic acids is 3. The Morgan fingerprint density at radius 3 is 1.45 bits per heavy atom. The predicted octanol–water partition coefficient (Wildman–Crippen LogP) is 4.20. The molecule has 20 heteroatoms. The monoisotopic (exact) mass is 1020 g/mol. The van der Waals surface area contributed by atoms with E-state index in [1.807, 2.05) is 97.1 Å². The van der Waals surface area contributed by atoms with E-state index in [1.165, 1.54) is 34.4 Å². The van der Waals surface area contributed by atoms with Crippen LogP contribution in [0.5, 0.6) is 23.0 Å². The van der Waals surface area contributed by atoms with E-state index in [-0.39, 0.29) is 38.0 Å². The van der Waals surface area contributed by atoms with Crippen molar-refractivity contribution in [3.8, 4) is 34.4 Å². The van der Waals surface area contributed by atoms with Gasteiger partial charge in [-0.25, -0.2) is 39.3 Å². The molecular formula is C55H53BN10NaO8. The maximum absolute atomic E-state index is 9.85. The van der Waals surface area contributed by atoms with Gasteiger partial charge in [-0.1, -0.05) is 66.7 Å². The van der Waals surface area contributed by atoms with E-state index >= 15 is 0 Å². The first-order valence-electron chi connectivity index (χ1n) is 23.4. The number of nitrogen functional groups attached to an aromatic ring is 2. The zero-order valence-electron chi connectivity index (χ0n) is 42.0. The molecule has 5 aromatic carbocycles. The molecule has 2 aliphatic heterocycles. The number of nitrogens with one attached hydrogen (secondary N) is 1. The fraction of sp³-hybridized carbons (Fsp3) is 0.182. The molecule has 0 unspecified atom stereocenters. The van der Waals surface area contributed by atoms with Gasteiger partial charge in [0.25, 0.3) is 0 Å². The number of para-hydroxylation sites is 2. The Labute approximate surface area is 457 Å². The first kappa shape index (κ1) is 56.2. The average Bonchev–Trinajstić information content (AvgIpc) is 3.95. The summed E-state index contributed by atoms with van der Waals surface area (Å²) in [4.78, 5) is 56.4. The fourth-order valence-corrected chi connectivity index (χ4v) is 8.58. The number of fused-ring (bicyclic) bond motifs is 6. The van der Waals surface area contributed by atoms with Crippen molar-refractivity contribution in [1.29, 1.82) is 0 Å². The molecule has 0 spiro atoms. The summed E-state index contributed by atoms with van der Waals surface area (Å²) in [5, 5.41) is 12.3. The number of hydrogen-bond donors (Lipinski definition) is 3. The van der Waals surface area contributed by atoms with Crippen molar-refractivity contribution in [2.24, 2.45) is 0 Å². The third-order valence-corrected chi connectivity index (χ3v) is 11.5. The van der Waals surface area contributed by atoms with Gasteiger partial charge in [0.15, 0.2) is 11.6 Å². The van der Waals surface area contributed by atoms with Gasteiger partial charge in [-0.15, -0.1) is 0 Å². The Bertz CT molecular complexity index is 3310. The maximum Gasteiger partial charge on any atom is 1.00 e. The Balaban J connectivity index is 0.000000199. The number of rotatable bonds is 8. The van der Waals surface area contributed by atoms with Gasteiger partial charge in [0.2, 0.25) is 0 Å². The van der Waals surface area contributed by atoms with Gasteiger partial charge in [-0.2, -0.15) is 0 Å². The molecular weight excluding hydrogens is 962 g/mol. The van der Waals surface area contributed by atoms with Crippen LogP contribution in [-0.4, -0.2) is 73.4 Å². The largest absolute Gasteiger partial charge is 1.00 e. The van der Waals surface area contributed by atoms with E-state index in [4.69, 9.17) is 30.8 Å². The number of aromatic nitrogens is 6. The first-order valence-corrected chi connectivity index (χ1v) is 23.4. The molecule has 4 aromatic heterocycles. The third kappa shape index (κ3) is 14.4. The second-order valence-corrected chi connectivity index (χ2v) is 16.8. The van der Waals surface area contributed by atoms with Crippen LogP contribution in [0.4, 0.5) is 11.6 Å². The quantitative estimate of drug-likeness (QED) is 0.110. The molecule has 375 valence electrons. The number of benzene rings is 5. The van der Waals surface area contributed by atoms with Crippen LogP contribution in [0.1, 0.15) is 48.8 Å². The van der Waals surface area contributed by atoms with Crippen LogP contribution in [0.3, 0.4) is 0 Å². The summed E-state index contributed by atoms with van der Waals surface area (Å²) in [6.45, 7) is 7.71. The molecule has 0 bridgehead atoms. The van der Waals surface area contributed by atoms with Gasteiger partial charge < -0.3 is 45.3 Å². The van der Waals surface area contributed by atoms with Crippen LogP contribution >= 0.6 is 0 Å². The molecule has 18 nitrogen and oxygen atoms in total. The summed E-state index contributed by atoms with van der Waals surface area (Å²) in [5.74, 6) is 1.85. The Kier molecular flexibility index (Phi) is 20.1. The molecule has 2 aliphatic rings. The molecule has 0 aliphatic carbocycles. The summed E-state index contributed by atoms with van der Waals surface area (Å²) in [7, 11) is 0. The van der Waals surface area contributed by atoms with E-state index in [9.17, 15) is 9.59 Å². The summed E-state index contributed by atoms with van der Waals surface area (Å²) in [6, 6.07) is 46.3. The van der Waals surface area contributed by atoms with Crippen molar-refractivity contribution in [2.45, 2.75) is 53.2 Å². The zero-order valence-corrected chi connectivity index (χ0v) is 44.0. The Hall–Kier alpha value is -8.07. The Morgan fingerprint density at radius 1 is 0.587 bits per heavy atom. The van der Waals surface area contributed by atoms with Crippen molar-refractivity contribution in [2.75, 3.05) is 24.6 Å². The van der Waals surface area contributed by atoms with Crippen LogP contribution in [0.15, 0.2) is 152 Å². The number of aliphatic carboxylic acids is 1. The molecule has 0 amide bonds. The Morgan fingerprint density at radius 2 is 1.00 bits per heavy atom. The summed E-state index contributed by atoms with van der Waals surface area (Å²) >= 11 is 0. The molecule has 0 atom stereocenters. The predicted molar refractivity (Wildman–Crippen MR) is 279 cm³/mol. The molecule has 6 heterocycles. The fourth-order valence-electron chi connectivity index (χ4n) is 8.58. The molecule has 11 rings (SSSR count). The summed E-state index contributed by atoms with van der Waals surface area (Å²) in [6.07, 6.45) is 4.94. The van der Waals surface area contributed by atoms with Crippen LogP contribution < -0.4 is 60.9 Å². The van der Waals surface area contributed by atoms with Gasteiger partial charge in [-0.05, 0) is 85.3 Å². The van der Waals surface area contributed by atoms with Gasteiger partial charge in [0.1, 0.15) is 46.7 Å². The van der Waals surface area contributed by atoms with Gasteiger partial charge >= 0.3 is 41.5 Å². The maximum atomic E-state index is 9.85. The van der Waals surface area contributed by atoms with Crippen LogP contribution in [-0.2, 0) is 56.6 Å². The molecule has 0 fully saturated rings. The molecule has 0 saturated carbocycles. The van der Waals surface area contributed by atoms with Crippen molar-refractivity contribution < 1.29 is 68.3 Å². The second kappa shape index (κ2) is 26.8. The van der Waals surface area contributed by atoms with Crippen molar-refractivity contribution in [1.82, 2.24) is 39.3 Å². The number of carboxylic acid groups (broad SMARTS) is 1. The van der Waals surface area contributed by atoms with Crippen LogP contribution in [0, 0.1) is 0 Å². The van der Waals surface area contributed by atoms with E-state index < -0.39 is 17.9 Å². The van der Waals surface area contributed by atoms with E-state index in [2.05, 4.69) is 91.5 Å². The first-order chi connectivity index (χ1) is 35.4. The minimum absolute atomic E-state index is 0. The number of carboxylic acids is 1. The standard InChI is InChI=1S/C28H25N5O.C21H19N5O.C4H6O4.C2H4O2.B.Na/c29-28-27-26(30-19-31-28)24-18-32(17-20-7-3-1-4-8-20)16-15-25(24)33(27)21-11-13-23(14-12-21)34-22-9-5-2-6-10-22;22-21-20-19(24-13-25-21)17-12-23-11-10-18(17)26(20)14-6-8-16(9-7-14)27-15-4-2-1-3-5-15;1-3(5)7-8-4(2)6;1-2(3)4;;/h1-14,19H,15-18H2,(H2,29,30,31);1-9,13,23H,10-12H2,(H2,22,24,25);1-2H3;1H3,(H,3,4);;/q;;;;;+1/p-1. The molecule has 9 aromatic rings. The molecule has 75 heavy (non-hydrogen) atoms. The normalized spacial score (nSPS) is 12.2. The molecule has 0 saturated heterocycles. The van der Waals surface area contributed by atoms with Crippen molar-refractivity contribution in [3.05, 3.63) is 180 Å². The molecule has 3 radical (unpaired) electrons. The molecule has 5 N–H and O–H groups in total. The van der Waals surface area contributed by atoms with Gasteiger partial charge in [-0.3, -0.25) is 4.90 Å². The van der Waals surface area contributed by atoms with E-state index in [0.717, 1.165) is 123 Å². The van der Waals surface area contributed by atoms with Crippen LogP contribution in [0.25, 0.3) is 33.4 Å². The SMILES string of the molecule is CC(=O)OOC(C)=O.CC(=O)[O-].Nc1ncnc2c3c(n(-c4ccc(Oc5ccccc5)cc4)c12)CCN(Cc1ccccc1)C3.Nc1ncnc2c3c(n(-c4ccc(Oc5ccccc5)cc4)c12)CCNC3.[B].[Na+].